The van der Waals surface area contributed by atoms with Crippen molar-refractivity contribution in [2.75, 3.05) is 62.4 Å². The summed E-state index contributed by atoms with van der Waals surface area (Å²) < 4.78 is 11.0. The number of benzene rings is 2. The van der Waals surface area contributed by atoms with Gasteiger partial charge in [0.2, 0.25) is 0 Å². The molecule has 6 heterocycles. The summed E-state index contributed by atoms with van der Waals surface area (Å²) in [6.45, 7) is 7.41. The largest absolute Gasteiger partial charge is 0.508 e. The number of pyridine rings is 2. The minimum absolute atomic E-state index is 0.203. The highest BCUT2D eigenvalue weighted by atomic mass is 16.5. The van der Waals surface area contributed by atoms with Crippen molar-refractivity contribution in [3.8, 4) is 34.3 Å². The topological polar surface area (TPSA) is 167 Å². The molecule has 4 N–H and O–H groups in total. The lowest BCUT2D eigenvalue weighted by atomic mass is 9.95. The van der Waals surface area contributed by atoms with Crippen molar-refractivity contribution >= 4 is 33.7 Å². The summed E-state index contributed by atoms with van der Waals surface area (Å²) in [5.74, 6) is 3.27. The monoisotopic (exact) mass is 796 g/mol. The Hall–Kier alpha value is -5.54. The molecular weight excluding hydrogens is 745 g/mol. The number of aromatic nitrogens is 6. The molecule has 0 bridgehead atoms. The number of nitrogens with zero attached hydrogens (tertiary/aromatic N) is 8. The highest BCUT2D eigenvalue weighted by Gasteiger charge is 2.23. The van der Waals surface area contributed by atoms with Gasteiger partial charge in [-0.05, 0) is 73.2 Å². The van der Waals surface area contributed by atoms with Gasteiger partial charge in [-0.15, -0.1) is 0 Å². The number of anilines is 2. The number of nitrogens with one attached hydrogen (secondary N) is 2. The number of ether oxygens (including phenoxy) is 2. The number of phenols is 2. The zero-order valence-electron chi connectivity index (χ0n) is 33.4. The predicted octanol–water partition coefficient (Wildman–Crippen LogP) is 6.14. The van der Waals surface area contributed by atoms with Crippen molar-refractivity contribution in [2.24, 2.45) is 0 Å². The van der Waals surface area contributed by atoms with Gasteiger partial charge >= 0.3 is 0 Å². The van der Waals surface area contributed by atoms with Gasteiger partial charge in [0, 0.05) is 74.9 Å². The Morgan fingerprint density at radius 3 is 1.46 bits per heavy atom. The van der Waals surface area contributed by atoms with Crippen molar-refractivity contribution in [1.82, 2.24) is 40.5 Å². The normalized spacial score (nSPS) is 17.6. The standard InChI is InChI=1S/C24H29N5O2.C21H23N5O2/c30-20-8-4-5-18(14-20)23-27-21-13-17(15-25-19-6-2-1-3-7-19)16-26-22(21)24(28-23)29-9-11-31-12-10-29;27-17-3-1-2-15(11-17)20-24-18-10-14(12-22-16-4-5-16)13-23-19(18)21(25-20)26-6-8-28-9-7-26/h4-5,8,13-14,16,19,25,30H,1-3,6-7,9-12,15H2;1-3,10-11,13,16,22,27H,4-9,12H2. The summed E-state index contributed by atoms with van der Waals surface area (Å²) in [6.07, 6.45) is 12.9. The molecule has 10 rings (SSSR count). The van der Waals surface area contributed by atoms with Crippen LogP contribution in [0, 0.1) is 0 Å². The van der Waals surface area contributed by atoms with Gasteiger partial charge in [0.25, 0.3) is 0 Å². The third-order valence-electron chi connectivity index (χ3n) is 11.4. The fourth-order valence-electron chi connectivity index (χ4n) is 7.94. The smallest absolute Gasteiger partial charge is 0.162 e. The first-order valence-electron chi connectivity index (χ1n) is 21.1. The zero-order valence-corrected chi connectivity index (χ0v) is 33.4. The molecule has 4 aliphatic rings. The molecule has 306 valence electrons. The molecule has 4 fully saturated rings. The molecular formula is C45H52N10O4. The predicted molar refractivity (Wildman–Crippen MR) is 229 cm³/mol. The van der Waals surface area contributed by atoms with E-state index in [1.807, 2.05) is 30.6 Å². The first kappa shape index (κ1) is 38.9. The van der Waals surface area contributed by atoms with Crippen LogP contribution in [-0.2, 0) is 22.6 Å². The van der Waals surface area contributed by atoms with Gasteiger partial charge in [-0.3, -0.25) is 9.97 Å². The molecule has 2 aliphatic carbocycles. The second-order valence-electron chi connectivity index (χ2n) is 15.8. The minimum Gasteiger partial charge on any atom is -0.508 e. The van der Waals surface area contributed by atoms with Crippen LogP contribution in [0.15, 0.2) is 73.1 Å². The number of aromatic hydroxyl groups is 2. The van der Waals surface area contributed by atoms with Crippen LogP contribution in [0.2, 0.25) is 0 Å². The van der Waals surface area contributed by atoms with E-state index in [-0.39, 0.29) is 11.5 Å². The van der Waals surface area contributed by atoms with Gasteiger partial charge < -0.3 is 40.1 Å². The molecule has 2 aliphatic heterocycles. The van der Waals surface area contributed by atoms with E-state index < -0.39 is 0 Å². The third-order valence-corrected chi connectivity index (χ3v) is 11.4. The highest BCUT2D eigenvalue weighted by Crippen LogP contribution is 2.31. The van der Waals surface area contributed by atoms with Gasteiger partial charge in [-0.2, -0.15) is 0 Å². The minimum atomic E-state index is 0.203. The van der Waals surface area contributed by atoms with Gasteiger partial charge in [-0.1, -0.05) is 43.5 Å². The summed E-state index contributed by atoms with van der Waals surface area (Å²) >= 11 is 0. The fourth-order valence-corrected chi connectivity index (χ4v) is 7.94. The number of hydrogen-bond acceptors (Lipinski definition) is 14. The lowest BCUT2D eigenvalue weighted by Crippen LogP contribution is -2.37. The van der Waals surface area contributed by atoms with E-state index in [1.165, 1.54) is 44.9 Å². The Kier molecular flexibility index (Phi) is 12.0. The van der Waals surface area contributed by atoms with Crippen molar-refractivity contribution in [1.29, 1.82) is 0 Å². The molecule has 0 unspecified atom stereocenters. The second kappa shape index (κ2) is 18.2. The lowest BCUT2D eigenvalue weighted by Gasteiger charge is -2.28. The third kappa shape index (κ3) is 9.68. The summed E-state index contributed by atoms with van der Waals surface area (Å²) in [5, 5.41) is 27.0. The number of morpholine rings is 2. The average molecular weight is 797 g/mol. The van der Waals surface area contributed by atoms with Crippen LogP contribution in [0.3, 0.4) is 0 Å². The molecule has 59 heavy (non-hydrogen) atoms. The molecule has 2 saturated carbocycles. The SMILES string of the molecule is Oc1cccc(-c2nc(N3CCOCC3)c3ncc(CNC4CC4)cc3n2)c1.Oc1cccc(-c2nc(N3CCOCC3)c3ncc(CNC4CCCCC4)cc3n2)c1. The highest BCUT2D eigenvalue weighted by molar-refractivity contribution is 5.89. The van der Waals surface area contributed by atoms with Crippen LogP contribution in [-0.4, -0.2) is 105 Å². The Labute approximate surface area is 344 Å². The molecule has 14 nitrogen and oxygen atoms in total. The quantitative estimate of drug-likeness (QED) is 0.125. The lowest BCUT2D eigenvalue weighted by molar-refractivity contribution is 0.122. The Morgan fingerprint density at radius 2 is 1.02 bits per heavy atom. The zero-order chi connectivity index (χ0) is 40.0. The number of phenolic OH excluding ortho intramolecular Hbond substituents is 2. The molecule has 0 amide bonds. The van der Waals surface area contributed by atoms with E-state index in [0.717, 1.165) is 95.2 Å². The van der Waals surface area contributed by atoms with Crippen molar-refractivity contribution in [2.45, 2.75) is 70.1 Å². The Morgan fingerprint density at radius 1 is 0.559 bits per heavy atom. The fraction of sp³-hybridized carbons (Fsp3) is 0.422. The number of fused-ring (bicyclic) bond motifs is 2. The Balaban J connectivity index is 0.000000153. The van der Waals surface area contributed by atoms with Crippen molar-refractivity contribution in [3.63, 3.8) is 0 Å². The molecule has 0 atom stereocenters. The summed E-state index contributed by atoms with van der Waals surface area (Å²) in [7, 11) is 0. The van der Waals surface area contributed by atoms with Crippen LogP contribution in [0.5, 0.6) is 11.5 Å². The van der Waals surface area contributed by atoms with E-state index in [0.29, 0.717) is 50.2 Å². The Bertz CT molecular complexity index is 2380. The molecule has 4 aromatic heterocycles. The van der Waals surface area contributed by atoms with Gasteiger partial charge in [0.15, 0.2) is 23.3 Å². The summed E-state index contributed by atoms with van der Waals surface area (Å²) in [5.41, 5.74) is 7.11. The maximum Gasteiger partial charge on any atom is 0.162 e. The van der Waals surface area contributed by atoms with E-state index in [2.05, 4.69) is 32.6 Å². The van der Waals surface area contributed by atoms with Crippen LogP contribution in [0.1, 0.15) is 56.1 Å². The number of rotatable bonds is 10. The number of hydrogen-bond donors (Lipinski definition) is 4. The van der Waals surface area contributed by atoms with Crippen LogP contribution < -0.4 is 20.4 Å². The van der Waals surface area contributed by atoms with E-state index in [4.69, 9.17) is 39.4 Å². The molecule has 2 saturated heterocycles. The van der Waals surface area contributed by atoms with E-state index in [9.17, 15) is 10.2 Å². The molecule has 0 radical (unpaired) electrons. The molecule has 2 aromatic carbocycles. The van der Waals surface area contributed by atoms with E-state index in [1.54, 1.807) is 30.3 Å². The van der Waals surface area contributed by atoms with E-state index >= 15 is 0 Å². The van der Waals surface area contributed by atoms with Crippen LogP contribution in [0.4, 0.5) is 11.6 Å². The van der Waals surface area contributed by atoms with Gasteiger partial charge in [0.05, 0.1) is 37.5 Å². The summed E-state index contributed by atoms with van der Waals surface area (Å²) in [6, 6.07) is 19.6. The van der Waals surface area contributed by atoms with Gasteiger partial charge in [0.1, 0.15) is 22.5 Å². The molecule has 0 spiro atoms. The average Bonchev–Trinajstić information content (AvgIpc) is 4.13. The van der Waals surface area contributed by atoms with Crippen molar-refractivity contribution in [3.05, 3.63) is 84.2 Å². The summed E-state index contributed by atoms with van der Waals surface area (Å²) in [4.78, 5) is 33.2. The maximum atomic E-state index is 9.94. The molecule has 14 heteroatoms. The van der Waals surface area contributed by atoms with Crippen LogP contribution >= 0.6 is 0 Å². The van der Waals surface area contributed by atoms with Crippen molar-refractivity contribution < 1.29 is 19.7 Å². The maximum absolute atomic E-state index is 9.94. The molecule has 6 aromatic rings. The second-order valence-corrected chi connectivity index (χ2v) is 15.8. The van der Waals surface area contributed by atoms with Gasteiger partial charge in [-0.25, -0.2) is 19.9 Å². The first-order chi connectivity index (χ1) is 29.0. The first-order valence-corrected chi connectivity index (χ1v) is 21.1. The van der Waals surface area contributed by atoms with Crippen LogP contribution in [0.25, 0.3) is 44.8 Å².